The molecule has 0 spiro atoms. The molecular weight excluding hydrogens is 412 g/mol. The second-order valence-corrected chi connectivity index (χ2v) is 8.64. The number of hydrogen-bond donors (Lipinski definition) is 1. The van der Waals surface area contributed by atoms with E-state index in [2.05, 4.69) is 48.2 Å². The lowest BCUT2D eigenvalue weighted by Crippen LogP contribution is -2.30. The first-order valence-electron chi connectivity index (χ1n) is 11.2. The molecule has 0 amide bonds. The third-order valence-corrected chi connectivity index (χ3v) is 6.26. The molecule has 1 aliphatic rings. The maximum absolute atomic E-state index is 9.16. The lowest BCUT2D eigenvalue weighted by molar-refractivity contribution is 0.378. The van der Waals surface area contributed by atoms with E-state index in [0.717, 1.165) is 58.5 Å². The predicted octanol–water partition coefficient (Wildman–Crippen LogP) is 4.76. The van der Waals surface area contributed by atoms with Crippen LogP contribution in [0.15, 0.2) is 67.0 Å². The van der Waals surface area contributed by atoms with E-state index >= 15 is 0 Å². The molecule has 1 N–H and O–H groups in total. The molecule has 6 nitrogen and oxygen atoms in total. The number of benzene rings is 3. The van der Waals surface area contributed by atoms with E-state index in [0.29, 0.717) is 11.4 Å². The Kier molecular flexibility index (Phi) is 5.60. The van der Waals surface area contributed by atoms with Gasteiger partial charge >= 0.3 is 0 Å². The summed E-state index contributed by atoms with van der Waals surface area (Å²) in [4.78, 5) is 6.81. The summed E-state index contributed by atoms with van der Waals surface area (Å²) < 4.78 is 14.0. The van der Waals surface area contributed by atoms with Gasteiger partial charge in [-0.25, -0.2) is 4.98 Å². The van der Waals surface area contributed by atoms with Crippen LogP contribution in [0.5, 0.6) is 17.4 Å². The molecule has 4 aromatic rings. The molecule has 1 aromatic heterocycles. The summed E-state index contributed by atoms with van der Waals surface area (Å²) in [5.74, 6) is 1.82. The van der Waals surface area contributed by atoms with E-state index in [-0.39, 0.29) is 5.92 Å². The van der Waals surface area contributed by atoms with Crippen LogP contribution < -0.4 is 15.0 Å². The molecule has 0 fully saturated rings. The van der Waals surface area contributed by atoms with Gasteiger partial charge in [0.15, 0.2) is 0 Å². The van der Waals surface area contributed by atoms with Crippen molar-refractivity contribution in [2.75, 3.05) is 27.7 Å². The quantitative estimate of drug-likeness (QED) is 0.413. The number of aryl methyl sites for hydroxylation is 1. The van der Waals surface area contributed by atoms with Gasteiger partial charge < -0.3 is 18.9 Å². The first-order chi connectivity index (χ1) is 16.1. The summed E-state index contributed by atoms with van der Waals surface area (Å²) >= 11 is 0. The highest BCUT2D eigenvalue weighted by Crippen LogP contribution is 2.49. The van der Waals surface area contributed by atoms with Gasteiger partial charge in [-0.3, -0.25) is 5.41 Å². The molecule has 0 aliphatic carbocycles. The van der Waals surface area contributed by atoms with E-state index in [4.69, 9.17) is 14.9 Å². The molecule has 0 saturated heterocycles. The molecule has 2 heterocycles. The van der Waals surface area contributed by atoms with Crippen molar-refractivity contribution in [3.8, 4) is 17.4 Å². The van der Waals surface area contributed by atoms with Gasteiger partial charge in [-0.15, -0.1) is 0 Å². The van der Waals surface area contributed by atoms with Gasteiger partial charge in [0.05, 0.1) is 18.6 Å². The molecule has 0 bridgehead atoms. The van der Waals surface area contributed by atoms with Gasteiger partial charge in [0.1, 0.15) is 23.3 Å². The average molecular weight is 441 g/mol. The second-order valence-electron chi connectivity index (χ2n) is 8.64. The number of methoxy groups -OCH3 is 1. The zero-order chi connectivity index (χ0) is 22.9. The summed E-state index contributed by atoms with van der Waals surface area (Å²) in [6.07, 6.45) is 2.66. The first-order valence-corrected chi connectivity index (χ1v) is 11.2. The Morgan fingerprint density at radius 3 is 2.64 bits per heavy atom. The largest absolute Gasteiger partial charge is 0.496 e. The predicted molar refractivity (Wildman–Crippen MR) is 129 cm³/mol. The van der Waals surface area contributed by atoms with Crippen LogP contribution in [-0.2, 0) is 6.54 Å². The molecule has 0 radical (unpaired) electrons. The molecule has 5 rings (SSSR count). The van der Waals surface area contributed by atoms with Crippen LogP contribution in [-0.4, -0.2) is 42.2 Å². The van der Waals surface area contributed by atoms with Crippen molar-refractivity contribution < 1.29 is 9.47 Å². The fraction of sp³-hybridized carbons (Fsp3) is 0.259. The van der Waals surface area contributed by atoms with Gasteiger partial charge in [-0.2, -0.15) is 0 Å². The Hall–Kier alpha value is -3.64. The average Bonchev–Trinajstić information content (AvgIpc) is 2.84. The molecule has 33 heavy (non-hydrogen) atoms. The van der Waals surface area contributed by atoms with Crippen LogP contribution in [0.4, 0.5) is 0 Å². The standard InChI is InChI=1S/C27H28N4O2/c1-30(2)15-8-16-31-17-29-27-25(26(31)28)24(20-11-6-7-12-21(20)32-3)23-19-10-5-4-9-18(19)13-14-22(23)33-27/h4-7,9-14,17,24,28H,8,15-16H2,1-3H3/t24-/m0/s1. The van der Waals surface area contributed by atoms with Gasteiger partial charge in [0, 0.05) is 17.7 Å². The topological polar surface area (TPSA) is 63.4 Å². The lowest BCUT2D eigenvalue weighted by Gasteiger charge is -2.30. The fourth-order valence-corrected chi connectivity index (χ4v) is 4.70. The Morgan fingerprint density at radius 2 is 1.82 bits per heavy atom. The van der Waals surface area contributed by atoms with Crippen molar-refractivity contribution in [3.63, 3.8) is 0 Å². The smallest absolute Gasteiger partial charge is 0.228 e. The molecule has 0 unspecified atom stereocenters. The Labute approximate surface area is 193 Å². The Balaban J connectivity index is 1.75. The number of ether oxygens (including phenoxy) is 2. The van der Waals surface area contributed by atoms with E-state index in [1.165, 1.54) is 0 Å². The molecular formula is C27H28N4O2. The summed E-state index contributed by atoms with van der Waals surface area (Å²) in [5, 5.41) is 11.4. The summed E-state index contributed by atoms with van der Waals surface area (Å²) in [6.45, 7) is 1.67. The van der Waals surface area contributed by atoms with Crippen LogP contribution >= 0.6 is 0 Å². The number of nitrogens with zero attached hydrogens (tertiary/aromatic N) is 3. The van der Waals surface area contributed by atoms with Gasteiger partial charge in [-0.1, -0.05) is 48.5 Å². The zero-order valence-electron chi connectivity index (χ0n) is 19.2. The number of nitrogens with one attached hydrogen (secondary N) is 1. The number of rotatable bonds is 6. The summed E-state index contributed by atoms with van der Waals surface area (Å²) in [5.41, 5.74) is 3.25. The van der Waals surface area contributed by atoms with Gasteiger partial charge in [0.2, 0.25) is 5.88 Å². The molecule has 0 saturated carbocycles. The van der Waals surface area contributed by atoms with Gasteiger partial charge in [-0.05, 0) is 50.0 Å². The summed E-state index contributed by atoms with van der Waals surface area (Å²) in [7, 11) is 5.81. The van der Waals surface area contributed by atoms with Crippen molar-refractivity contribution >= 4 is 10.8 Å². The maximum atomic E-state index is 9.16. The highest BCUT2D eigenvalue weighted by Gasteiger charge is 2.35. The van der Waals surface area contributed by atoms with Crippen molar-refractivity contribution in [1.29, 1.82) is 5.41 Å². The van der Waals surface area contributed by atoms with Crippen LogP contribution in [0, 0.1) is 5.41 Å². The van der Waals surface area contributed by atoms with E-state index in [9.17, 15) is 0 Å². The molecule has 168 valence electrons. The van der Waals surface area contributed by atoms with E-state index in [1.807, 2.05) is 41.0 Å². The molecule has 3 aromatic carbocycles. The third-order valence-electron chi connectivity index (χ3n) is 6.26. The SMILES string of the molecule is COc1ccccc1[C@@H]1c2c(ncn(CCCN(C)C)c2=N)Oc2ccc3ccccc3c21. The second kappa shape index (κ2) is 8.71. The molecule has 1 atom stereocenters. The van der Waals surface area contributed by atoms with Crippen LogP contribution in [0.1, 0.15) is 29.0 Å². The normalized spacial score (nSPS) is 14.6. The highest BCUT2D eigenvalue weighted by molar-refractivity contribution is 5.90. The van der Waals surface area contributed by atoms with Crippen LogP contribution in [0.25, 0.3) is 10.8 Å². The van der Waals surface area contributed by atoms with Crippen molar-refractivity contribution in [2.45, 2.75) is 18.9 Å². The maximum Gasteiger partial charge on any atom is 0.228 e. The van der Waals surface area contributed by atoms with Crippen molar-refractivity contribution in [3.05, 3.63) is 89.2 Å². The molecule has 6 heteroatoms. The monoisotopic (exact) mass is 440 g/mol. The highest BCUT2D eigenvalue weighted by atomic mass is 16.5. The minimum absolute atomic E-state index is 0.229. The first kappa shape index (κ1) is 21.2. The van der Waals surface area contributed by atoms with Crippen LogP contribution in [0.3, 0.4) is 0 Å². The fourth-order valence-electron chi connectivity index (χ4n) is 4.70. The number of fused-ring (bicyclic) bond motifs is 4. The minimum atomic E-state index is -0.229. The zero-order valence-corrected chi connectivity index (χ0v) is 19.2. The number of aromatic nitrogens is 2. The Bertz CT molecular complexity index is 1380. The van der Waals surface area contributed by atoms with Crippen molar-refractivity contribution in [2.24, 2.45) is 0 Å². The van der Waals surface area contributed by atoms with E-state index < -0.39 is 0 Å². The Morgan fingerprint density at radius 1 is 1.03 bits per heavy atom. The lowest BCUT2D eigenvalue weighted by atomic mass is 9.81. The van der Waals surface area contributed by atoms with E-state index in [1.54, 1.807) is 13.4 Å². The van der Waals surface area contributed by atoms with Crippen molar-refractivity contribution in [1.82, 2.24) is 14.5 Å². The third kappa shape index (κ3) is 3.76. The number of para-hydroxylation sites is 1. The van der Waals surface area contributed by atoms with Gasteiger partial charge in [0.25, 0.3) is 0 Å². The summed E-state index contributed by atoms with van der Waals surface area (Å²) in [6, 6.07) is 20.4. The molecule has 1 aliphatic heterocycles. The minimum Gasteiger partial charge on any atom is -0.496 e. The number of hydrogen-bond acceptors (Lipinski definition) is 5. The van der Waals surface area contributed by atoms with Crippen LogP contribution in [0.2, 0.25) is 0 Å².